The second-order valence-corrected chi connectivity index (χ2v) is 8.87. The third kappa shape index (κ3) is 3.57. The maximum Gasteiger partial charge on any atom is 0.171 e. The maximum absolute atomic E-state index is 6.01. The van der Waals surface area contributed by atoms with Crippen molar-refractivity contribution >= 4 is 23.2 Å². The summed E-state index contributed by atoms with van der Waals surface area (Å²) in [6.07, 6.45) is 0.738. The minimum absolute atomic E-state index is 0. The van der Waals surface area contributed by atoms with Crippen molar-refractivity contribution < 1.29 is 10.2 Å². The number of hydrogen-bond acceptors (Lipinski definition) is 2. The van der Waals surface area contributed by atoms with Gasteiger partial charge in [-0.1, -0.05) is 54.6 Å². The fourth-order valence-corrected chi connectivity index (χ4v) is 6.79. The monoisotopic (exact) mass is 338 g/mol. The smallest absolute Gasteiger partial charge is 0.171 e. The summed E-state index contributed by atoms with van der Waals surface area (Å²) >= 11 is 0. The van der Waals surface area contributed by atoms with Crippen LogP contribution in [0.15, 0.2) is 91.0 Å². The van der Waals surface area contributed by atoms with Crippen LogP contribution in [0.5, 0.6) is 0 Å². The van der Waals surface area contributed by atoms with Crippen molar-refractivity contribution in [1.29, 1.82) is 0 Å². The van der Waals surface area contributed by atoms with Crippen LogP contribution < -0.4 is 15.9 Å². The molecular weight excluding hydrogens is 315 g/mol. The predicted molar refractivity (Wildman–Crippen MR) is 104 cm³/mol. The van der Waals surface area contributed by atoms with Crippen LogP contribution >= 0.6 is 7.26 Å². The summed E-state index contributed by atoms with van der Waals surface area (Å²) in [5, 5.41) is 4.10. The molecule has 3 aromatic rings. The van der Waals surface area contributed by atoms with E-state index in [0.29, 0.717) is 0 Å². The van der Waals surface area contributed by atoms with E-state index in [1.54, 1.807) is 0 Å². The minimum Gasteiger partial charge on any atom is -0.870 e. The zero-order chi connectivity index (χ0) is 16.0. The molecule has 0 aliphatic rings. The molecule has 0 bridgehead atoms. The number of ether oxygens (including phenoxy) is 1. The van der Waals surface area contributed by atoms with Gasteiger partial charge >= 0.3 is 0 Å². The Morgan fingerprint density at radius 1 is 0.625 bits per heavy atom. The average Bonchev–Trinajstić information content (AvgIpc) is 2.65. The summed E-state index contributed by atoms with van der Waals surface area (Å²) in [5.74, 6) is 0. The zero-order valence-electron chi connectivity index (χ0n) is 13.9. The summed E-state index contributed by atoms with van der Waals surface area (Å²) in [4.78, 5) is 0. The topological polar surface area (TPSA) is 39.2 Å². The van der Waals surface area contributed by atoms with Gasteiger partial charge in [-0.3, -0.25) is 0 Å². The summed E-state index contributed by atoms with van der Waals surface area (Å²) < 4.78 is 6.01. The first-order valence-electron chi connectivity index (χ1n) is 8.00. The van der Waals surface area contributed by atoms with Crippen molar-refractivity contribution in [3.8, 4) is 0 Å². The Labute approximate surface area is 144 Å². The fraction of sp³-hybridized carbons (Fsp3) is 0.143. The molecule has 2 nitrogen and oxygen atoms in total. The molecule has 0 heterocycles. The molecule has 0 amide bonds. The lowest BCUT2D eigenvalue weighted by Gasteiger charge is -2.27. The Bertz CT molecular complexity index is 618. The highest BCUT2D eigenvalue weighted by Crippen LogP contribution is 2.55. The van der Waals surface area contributed by atoms with Crippen LogP contribution in [0.2, 0.25) is 0 Å². The lowest BCUT2D eigenvalue weighted by molar-refractivity contribution is 0.196. The van der Waals surface area contributed by atoms with E-state index in [0.717, 1.165) is 13.0 Å². The normalized spacial score (nSPS) is 10.9. The summed E-state index contributed by atoms with van der Waals surface area (Å²) in [6.45, 7) is 2.80. The Kier molecular flexibility index (Phi) is 6.69. The Hall–Kier alpha value is -1.99. The van der Waals surface area contributed by atoms with Crippen LogP contribution in [-0.2, 0) is 4.74 Å². The van der Waals surface area contributed by atoms with Crippen LogP contribution in [0.25, 0.3) is 0 Å². The second-order valence-electron chi connectivity index (χ2n) is 5.44. The van der Waals surface area contributed by atoms with Gasteiger partial charge in [0.25, 0.3) is 0 Å². The second kappa shape index (κ2) is 8.75. The molecule has 0 aliphatic carbocycles. The fourth-order valence-electron chi connectivity index (χ4n) is 2.95. The van der Waals surface area contributed by atoms with Crippen LogP contribution in [0.4, 0.5) is 0 Å². The van der Waals surface area contributed by atoms with E-state index in [2.05, 4.69) is 97.9 Å². The van der Waals surface area contributed by atoms with E-state index in [9.17, 15) is 0 Å². The molecule has 0 saturated heterocycles. The van der Waals surface area contributed by atoms with Gasteiger partial charge in [0.1, 0.15) is 23.2 Å². The number of rotatable bonds is 6. The average molecular weight is 338 g/mol. The van der Waals surface area contributed by atoms with Crippen molar-refractivity contribution in [2.45, 2.75) is 6.92 Å². The largest absolute Gasteiger partial charge is 0.870 e. The summed E-state index contributed by atoms with van der Waals surface area (Å²) in [7, 11) is -1.79. The van der Waals surface area contributed by atoms with Crippen LogP contribution in [-0.4, -0.2) is 18.4 Å². The highest BCUT2D eigenvalue weighted by atomic mass is 31.2. The van der Waals surface area contributed by atoms with Crippen molar-refractivity contribution in [3.63, 3.8) is 0 Å². The quantitative estimate of drug-likeness (QED) is 0.641. The number of benzene rings is 3. The van der Waals surface area contributed by atoms with E-state index >= 15 is 0 Å². The van der Waals surface area contributed by atoms with Gasteiger partial charge in [0.15, 0.2) is 6.35 Å². The van der Waals surface area contributed by atoms with E-state index in [1.807, 2.05) is 0 Å². The summed E-state index contributed by atoms with van der Waals surface area (Å²) in [5.41, 5.74) is 0. The van der Waals surface area contributed by atoms with E-state index in [1.165, 1.54) is 15.9 Å². The molecule has 0 unspecified atom stereocenters. The molecule has 3 rings (SSSR count). The first-order valence-corrected chi connectivity index (χ1v) is 9.98. The van der Waals surface area contributed by atoms with Crippen molar-refractivity contribution in [1.82, 2.24) is 0 Å². The molecule has 1 N–H and O–H groups in total. The van der Waals surface area contributed by atoms with Gasteiger partial charge in [0, 0.05) is 6.61 Å². The Morgan fingerprint density at radius 2 is 0.958 bits per heavy atom. The molecule has 124 valence electrons. The first kappa shape index (κ1) is 18.4. The van der Waals surface area contributed by atoms with Crippen LogP contribution in [0, 0.1) is 0 Å². The minimum atomic E-state index is -1.79. The highest BCUT2D eigenvalue weighted by molar-refractivity contribution is 7.95. The molecule has 24 heavy (non-hydrogen) atoms. The Balaban J connectivity index is 0.00000208. The van der Waals surface area contributed by atoms with Crippen LogP contribution in [0.3, 0.4) is 0 Å². The highest BCUT2D eigenvalue weighted by Gasteiger charge is 2.45. The zero-order valence-corrected chi connectivity index (χ0v) is 14.8. The molecule has 0 spiro atoms. The Morgan fingerprint density at radius 3 is 1.25 bits per heavy atom. The van der Waals surface area contributed by atoms with Gasteiger partial charge in [0.2, 0.25) is 0 Å². The molecular formula is C21H23O2P. The first-order chi connectivity index (χ1) is 11.4. The van der Waals surface area contributed by atoms with E-state index in [-0.39, 0.29) is 5.48 Å². The van der Waals surface area contributed by atoms with Gasteiger partial charge in [-0.25, -0.2) is 0 Å². The summed E-state index contributed by atoms with van der Waals surface area (Å²) in [6, 6.07) is 32.5. The van der Waals surface area contributed by atoms with Gasteiger partial charge in [0.05, 0.1) is 0 Å². The maximum atomic E-state index is 6.01. The van der Waals surface area contributed by atoms with Gasteiger partial charge < -0.3 is 10.2 Å². The molecule has 0 atom stereocenters. The molecule has 0 radical (unpaired) electrons. The van der Waals surface area contributed by atoms with E-state index in [4.69, 9.17) is 4.74 Å². The van der Waals surface area contributed by atoms with Crippen LogP contribution in [0.1, 0.15) is 6.92 Å². The van der Waals surface area contributed by atoms with Gasteiger partial charge in [-0.2, -0.15) is 0 Å². The third-order valence-corrected chi connectivity index (χ3v) is 8.19. The molecule has 0 aliphatic heterocycles. The number of hydrogen-bond donors (Lipinski definition) is 0. The molecule has 3 heteroatoms. The van der Waals surface area contributed by atoms with Crippen molar-refractivity contribution in [2.24, 2.45) is 0 Å². The molecule has 0 saturated carbocycles. The lowest BCUT2D eigenvalue weighted by Crippen LogP contribution is -2.34. The SMILES string of the molecule is CCOC[P+](c1ccccc1)(c1ccccc1)c1ccccc1.[OH-]. The molecule has 0 fully saturated rings. The molecule has 0 aromatic heterocycles. The van der Waals surface area contributed by atoms with Crippen molar-refractivity contribution in [2.75, 3.05) is 13.0 Å². The standard InChI is InChI=1S/C21H22OP.H2O/c1-2-22-18-23(19-12-6-3-7-13-19,20-14-8-4-9-15-20)21-16-10-5-11-17-21;/h3-17H,2,18H2,1H3;1H2/q+1;/p-1. The van der Waals surface area contributed by atoms with Crippen molar-refractivity contribution in [3.05, 3.63) is 91.0 Å². The van der Waals surface area contributed by atoms with Gasteiger partial charge in [-0.15, -0.1) is 0 Å². The third-order valence-electron chi connectivity index (χ3n) is 4.08. The lowest BCUT2D eigenvalue weighted by atomic mass is 10.4. The van der Waals surface area contributed by atoms with E-state index < -0.39 is 7.26 Å². The molecule has 3 aromatic carbocycles. The van der Waals surface area contributed by atoms with Gasteiger partial charge in [-0.05, 0) is 43.3 Å². The predicted octanol–water partition coefficient (Wildman–Crippen LogP) is 3.80.